The first-order valence-electron chi connectivity index (χ1n) is 8.01. The van der Waals surface area contributed by atoms with E-state index in [0.29, 0.717) is 24.9 Å². The summed E-state index contributed by atoms with van der Waals surface area (Å²) in [4.78, 5) is 27.7. The number of nitrogens with zero attached hydrogens (tertiary/aromatic N) is 2. The minimum atomic E-state index is -1.13. The van der Waals surface area contributed by atoms with Crippen LogP contribution in [0.2, 0.25) is 0 Å². The molecule has 0 aromatic heterocycles. The molecule has 1 aromatic rings. The largest absolute Gasteiger partial charge is 0.381 e. The van der Waals surface area contributed by atoms with E-state index < -0.39 is 11.6 Å². The molecule has 5 nitrogen and oxygen atoms in total. The number of halogens is 1. The highest BCUT2D eigenvalue weighted by Crippen LogP contribution is 2.33. The quantitative estimate of drug-likeness (QED) is 0.908. The number of benzene rings is 1. The van der Waals surface area contributed by atoms with Crippen molar-refractivity contribution < 1.29 is 19.1 Å². The number of carbonyl (C=O) groups is 2. The lowest BCUT2D eigenvalue weighted by Crippen LogP contribution is -2.64. The summed E-state index contributed by atoms with van der Waals surface area (Å²) in [5, 5.41) is 10.6. The van der Waals surface area contributed by atoms with Gasteiger partial charge in [0.1, 0.15) is 17.5 Å². The van der Waals surface area contributed by atoms with Crippen molar-refractivity contribution in [1.82, 2.24) is 9.80 Å². The smallest absolute Gasteiger partial charge is 0.245 e. The van der Waals surface area contributed by atoms with Gasteiger partial charge in [0.25, 0.3) is 0 Å². The van der Waals surface area contributed by atoms with Gasteiger partial charge >= 0.3 is 0 Å². The topological polar surface area (TPSA) is 60.9 Å². The Morgan fingerprint density at radius 1 is 1.35 bits per heavy atom. The van der Waals surface area contributed by atoms with Crippen molar-refractivity contribution in [1.29, 1.82) is 0 Å². The maximum atomic E-state index is 13.0. The summed E-state index contributed by atoms with van der Waals surface area (Å²) in [6, 6.07) is 5.24. The highest BCUT2D eigenvalue weighted by molar-refractivity contribution is 5.89. The molecule has 6 heteroatoms. The van der Waals surface area contributed by atoms with Crippen LogP contribution in [0.1, 0.15) is 31.7 Å². The standard InChI is InChI=1S/C17H21FN2O3/c1-2-14(20-9-3-4-15(20)21)16(22)19-10-17(23,11-19)12-5-7-13(18)8-6-12/h5-8,14,23H,2-4,9-11H2,1H3. The van der Waals surface area contributed by atoms with E-state index in [9.17, 15) is 19.1 Å². The second kappa shape index (κ2) is 5.92. The fourth-order valence-electron chi connectivity index (χ4n) is 3.42. The Morgan fingerprint density at radius 2 is 2.00 bits per heavy atom. The Labute approximate surface area is 134 Å². The molecule has 3 rings (SSSR count). The molecule has 2 fully saturated rings. The van der Waals surface area contributed by atoms with Crippen molar-refractivity contribution in [3.05, 3.63) is 35.6 Å². The zero-order valence-corrected chi connectivity index (χ0v) is 13.2. The predicted octanol–water partition coefficient (Wildman–Crippen LogP) is 1.26. The van der Waals surface area contributed by atoms with Gasteiger partial charge in [0, 0.05) is 13.0 Å². The van der Waals surface area contributed by atoms with Gasteiger partial charge in [-0.15, -0.1) is 0 Å². The number of hydrogen-bond donors (Lipinski definition) is 1. The van der Waals surface area contributed by atoms with Crippen LogP contribution in [0.4, 0.5) is 4.39 Å². The van der Waals surface area contributed by atoms with E-state index in [4.69, 9.17) is 0 Å². The Bertz CT molecular complexity index is 611. The van der Waals surface area contributed by atoms with Crippen LogP contribution in [-0.4, -0.2) is 52.4 Å². The monoisotopic (exact) mass is 320 g/mol. The molecule has 1 N–H and O–H groups in total. The van der Waals surface area contributed by atoms with Crippen molar-refractivity contribution in [2.75, 3.05) is 19.6 Å². The zero-order chi connectivity index (χ0) is 16.6. The number of amides is 2. The van der Waals surface area contributed by atoms with Gasteiger partial charge in [0.05, 0.1) is 13.1 Å². The molecule has 2 aliphatic heterocycles. The molecular weight excluding hydrogens is 299 g/mol. The molecule has 0 bridgehead atoms. The van der Waals surface area contributed by atoms with Crippen molar-refractivity contribution in [3.8, 4) is 0 Å². The zero-order valence-electron chi connectivity index (χ0n) is 13.2. The third kappa shape index (κ3) is 2.83. The first-order valence-corrected chi connectivity index (χ1v) is 8.01. The summed E-state index contributed by atoms with van der Waals surface area (Å²) in [6.07, 6.45) is 1.86. The summed E-state index contributed by atoms with van der Waals surface area (Å²) in [5.41, 5.74) is -0.523. The van der Waals surface area contributed by atoms with Crippen molar-refractivity contribution in [3.63, 3.8) is 0 Å². The molecule has 1 aromatic carbocycles. The van der Waals surface area contributed by atoms with Gasteiger partial charge in [0.15, 0.2) is 0 Å². The van der Waals surface area contributed by atoms with Crippen LogP contribution in [0.5, 0.6) is 0 Å². The normalized spacial score (nSPS) is 21.3. The highest BCUT2D eigenvalue weighted by atomic mass is 19.1. The van der Waals surface area contributed by atoms with E-state index in [2.05, 4.69) is 0 Å². The van der Waals surface area contributed by atoms with E-state index in [1.165, 1.54) is 12.1 Å². The molecule has 0 spiro atoms. The fraction of sp³-hybridized carbons (Fsp3) is 0.529. The summed E-state index contributed by atoms with van der Waals surface area (Å²) in [5.74, 6) is -0.447. The van der Waals surface area contributed by atoms with Gasteiger partial charge in [-0.2, -0.15) is 0 Å². The molecule has 2 aliphatic rings. The lowest BCUT2D eigenvalue weighted by atomic mass is 9.85. The Morgan fingerprint density at radius 3 is 2.52 bits per heavy atom. The molecule has 23 heavy (non-hydrogen) atoms. The molecule has 0 radical (unpaired) electrons. The van der Waals surface area contributed by atoms with Crippen LogP contribution in [0.15, 0.2) is 24.3 Å². The summed E-state index contributed by atoms with van der Waals surface area (Å²) in [6.45, 7) is 2.87. The number of likely N-dealkylation sites (tertiary alicyclic amines) is 2. The number of carbonyl (C=O) groups excluding carboxylic acids is 2. The highest BCUT2D eigenvalue weighted by Gasteiger charge is 2.47. The van der Waals surface area contributed by atoms with Crippen molar-refractivity contribution in [2.24, 2.45) is 0 Å². The van der Waals surface area contributed by atoms with Crippen LogP contribution in [0.3, 0.4) is 0 Å². The van der Waals surface area contributed by atoms with E-state index in [0.717, 1.165) is 6.42 Å². The fourth-order valence-corrected chi connectivity index (χ4v) is 3.42. The van der Waals surface area contributed by atoms with Gasteiger partial charge in [0.2, 0.25) is 11.8 Å². The van der Waals surface area contributed by atoms with Crippen molar-refractivity contribution >= 4 is 11.8 Å². The number of aliphatic hydroxyl groups is 1. The molecule has 124 valence electrons. The van der Waals surface area contributed by atoms with E-state index in [1.807, 2.05) is 6.92 Å². The van der Waals surface area contributed by atoms with Gasteiger partial charge in [-0.3, -0.25) is 9.59 Å². The number of hydrogen-bond acceptors (Lipinski definition) is 3. The molecule has 2 amide bonds. The number of β-amino-alcohol motifs (C(OH)–C–C–N with tert-alkyl or cyclic N) is 1. The molecule has 0 aliphatic carbocycles. The number of rotatable bonds is 4. The first kappa shape index (κ1) is 15.9. The second-order valence-corrected chi connectivity index (χ2v) is 6.35. The molecule has 2 heterocycles. The molecule has 2 saturated heterocycles. The third-order valence-corrected chi connectivity index (χ3v) is 4.76. The second-order valence-electron chi connectivity index (χ2n) is 6.35. The van der Waals surface area contributed by atoms with E-state index in [-0.39, 0.29) is 30.7 Å². The average Bonchev–Trinajstić information content (AvgIpc) is 2.91. The average molecular weight is 320 g/mol. The Kier molecular flexibility index (Phi) is 4.10. The SMILES string of the molecule is CCC(C(=O)N1CC(O)(c2ccc(F)cc2)C1)N1CCCC1=O. The van der Waals surface area contributed by atoms with Crippen LogP contribution >= 0.6 is 0 Å². The molecular formula is C17H21FN2O3. The van der Waals surface area contributed by atoms with Crippen molar-refractivity contribution in [2.45, 2.75) is 37.8 Å². The maximum Gasteiger partial charge on any atom is 0.245 e. The summed E-state index contributed by atoms with van der Waals surface area (Å²) < 4.78 is 13.0. The minimum absolute atomic E-state index is 0.0273. The van der Waals surface area contributed by atoms with Gasteiger partial charge < -0.3 is 14.9 Å². The van der Waals surface area contributed by atoms with E-state index >= 15 is 0 Å². The Balaban J connectivity index is 1.66. The lowest BCUT2D eigenvalue weighted by Gasteiger charge is -2.48. The van der Waals surface area contributed by atoms with Crippen LogP contribution < -0.4 is 0 Å². The molecule has 1 unspecified atom stereocenters. The maximum absolute atomic E-state index is 13.0. The van der Waals surface area contributed by atoms with Crippen LogP contribution in [0, 0.1) is 5.82 Å². The van der Waals surface area contributed by atoms with Crippen LogP contribution in [0.25, 0.3) is 0 Å². The summed E-state index contributed by atoms with van der Waals surface area (Å²) >= 11 is 0. The van der Waals surface area contributed by atoms with E-state index in [1.54, 1.807) is 21.9 Å². The molecule has 1 atom stereocenters. The summed E-state index contributed by atoms with van der Waals surface area (Å²) in [7, 11) is 0. The lowest BCUT2D eigenvalue weighted by molar-refractivity contribution is -0.164. The van der Waals surface area contributed by atoms with Gasteiger partial charge in [-0.05, 0) is 30.5 Å². The van der Waals surface area contributed by atoms with Gasteiger partial charge in [-0.1, -0.05) is 19.1 Å². The predicted molar refractivity (Wildman–Crippen MR) is 81.9 cm³/mol. The first-order chi connectivity index (χ1) is 10.9. The third-order valence-electron chi connectivity index (χ3n) is 4.76. The molecule has 0 saturated carbocycles. The van der Waals surface area contributed by atoms with Gasteiger partial charge in [-0.25, -0.2) is 4.39 Å². The van der Waals surface area contributed by atoms with Crippen LogP contribution in [-0.2, 0) is 15.2 Å². The minimum Gasteiger partial charge on any atom is -0.381 e. The Hall–Kier alpha value is -1.95.